The molecule has 0 radical (unpaired) electrons. The molecule has 0 unspecified atom stereocenters. The fraction of sp³-hybridized carbons (Fsp3) is 0.167. The van der Waals surface area contributed by atoms with Crippen molar-refractivity contribution in [2.45, 2.75) is 0 Å². The summed E-state index contributed by atoms with van der Waals surface area (Å²) in [5.74, 6) is 0. The largest absolute Gasteiger partial charge is 0.398 e. The molecule has 0 aliphatic rings. The van der Waals surface area contributed by atoms with Crippen molar-refractivity contribution in [2.75, 3.05) is 7.05 Å². The molecular weight excluding hydrogens is 116 g/mol. The molecule has 0 heterocycles. The van der Waals surface area contributed by atoms with E-state index in [-0.39, 0.29) is 0 Å². The van der Waals surface area contributed by atoms with Crippen LogP contribution in [0.3, 0.4) is 0 Å². The summed E-state index contributed by atoms with van der Waals surface area (Å²) in [5, 5.41) is 2.72. The molecule has 0 saturated carbocycles. The van der Waals surface area contributed by atoms with Gasteiger partial charge in [-0.05, 0) is 12.2 Å². The van der Waals surface area contributed by atoms with Crippen molar-refractivity contribution in [3.05, 3.63) is 24.0 Å². The Morgan fingerprint density at radius 2 is 2.33 bits per heavy atom. The zero-order valence-corrected chi connectivity index (χ0v) is 5.29. The van der Waals surface area contributed by atoms with Crippen molar-refractivity contribution in [2.24, 2.45) is 5.73 Å². The van der Waals surface area contributed by atoms with Crippen LogP contribution >= 0.6 is 0 Å². The van der Waals surface area contributed by atoms with E-state index in [1.165, 1.54) is 12.2 Å². The first-order chi connectivity index (χ1) is 4.31. The van der Waals surface area contributed by atoms with Gasteiger partial charge < -0.3 is 11.1 Å². The number of hydrogen-bond donors (Lipinski definition) is 2. The van der Waals surface area contributed by atoms with E-state index in [0.29, 0.717) is 12.0 Å². The van der Waals surface area contributed by atoms with E-state index < -0.39 is 0 Å². The van der Waals surface area contributed by atoms with Crippen LogP contribution in [0.5, 0.6) is 0 Å². The van der Waals surface area contributed by atoms with Crippen LogP contribution in [0.1, 0.15) is 0 Å². The molecule has 3 N–H and O–H groups in total. The molecule has 0 spiro atoms. The van der Waals surface area contributed by atoms with E-state index in [1.54, 1.807) is 13.2 Å². The molecule has 9 heavy (non-hydrogen) atoms. The highest BCUT2D eigenvalue weighted by molar-refractivity contribution is 5.65. The van der Waals surface area contributed by atoms with Crippen molar-refractivity contribution in [3.8, 4) is 0 Å². The van der Waals surface area contributed by atoms with Gasteiger partial charge in [0.25, 0.3) is 0 Å². The van der Waals surface area contributed by atoms with Crippen molar-refractivity contribution >= 4 is 6.29 Å². The molecule has 0 saturated heterocycles. The van der Waals surface area contributed by atoms with Gasteiger partial charge in [-0.1, -0.05) is 0 Å². The van der Waals surface area contributed by atoms with Crippen LogP contribution in [0.25, 0.3) is 0 Å². The minimum Gasteiger partial charge on any atom is -0.398 e. The normalized spacial score (nSPS) is 11.9. The van der Waals surface area contributed by atoms with Crippen LogP contribution in [0.4, 0.5) is 0 Å². The van der Waals surface area contributed by atoms with E-state index in [4.69, 9.17) is 5.73 Å². The Morgan fingerprint density at radius 1 is 1.67 bits per heavy atom. The highest BCUT2D eigenvalue weighted by Crippen LogP contribution is 1.80. The topological polar surface area (TPSA) is 55.1 Å². The fourth-order valence-corrected chi connectivity index (χ4v) is 0.365. The third-order valence-corrected chi connectivity index (χ3v) is 0.678. The van der Waals surface area contributed by atoms with Gasteiger partial charge in [0, 0.05) is 18.9 Å². The Hall–Kier alpha value is -1.25. The third-order valence-electron chi connectivity index (χ3n) is 0.678. The number of nitrogens with two attached hydrogens (primary N) is 1. The summed E-state index contributed by atoms with van der Waals surface area (Å²) in [5.41, 5.74) is 5.86. The summed E-state index contributed by atoms with van der Waals surface area (Å²) < 4.78 is 0. The van der Waals surface area contributed by atoms with E-state index in [2.05, 4.69) is 5.32 Å². The SMILES string of the molecule is CN/C=C(N)\C=C\C=O. The summed E-state index contributed by atoms with van der Waals surface area (Å²) in [6.45, 7) is 0. The Balaban J connectivity index is 3.74. The Morgan fingerprint density at radius 3 is 2.78 bits per heavy atom. The van der Waals surface area contributed by atoms with Gasteiger partial charge in [0.15, 0.2) is 0 Å². The predicted molar refractivity (Wildman–Crippen MR) is 36.5 cm³/mol. The third kappa shape index (κ3) is 4.61. The molecule has 0 aliphatic heterocycles. The van der Waals surface area contributed by atoms with Crippen LogP contribution < -0.4 is 11.1 Å². The standard InChI is InChI=1S/C6H10N2O/c1-8-5-6(7)3-2-4-9/h2-5,8H,7H2,1H3/b3-2+,6-5+. The predicted octanol–water partition coefficient (Wildman–Crippen LogP) is -0.239. The minimum absolute atomic E-state index is 0.532. The van der Waals surface area contributed by atoms with Gasteiger partial charge in [-0.3, -0.25) is 4.79 Å². The summed E-state index contributed by atoms with van der Waals surface area (Å²) in [7, 11) is 1.74. The maximum Gasteiger partial charge on any atom is 0.142 e. The van der Waals surface area contributed by atoms with Gasteiger partial charge in [-0.25, -0.2) is 0 Å². The molecule has 0 aromatic heterocycles. The van der Waals surface area contributed by atoms with Gasteiger partial charge in [-0.15, -0.1) is 0 Å². The van der Waals surface area contributed by atoms with Gasteiger partial charge in [-0.2, -0.15) is 0 Å². The Kier molecular flexibility index (Phi) is 4.22. The number of aldehydes is 1. The van der Waals surface area contributed by atoms with Crippen LogP contribution in [-0.2, 0) is 4.79 Å². The lowest BCUT2D eigenvalue weighted by Crippen LogP contribution is -2.01. The molecule has 0 bridgehead atoms. The molecule has 3 heteroatoms. The highest BCUT2D eigenvalue weighted by atomic mass is 16.1. The van der Waals surface area contributed by atoms with Crippen LogP contribution in [0.2, 0.25) is 0 Å². The molecule has 0 fully saturated rings. The van der Waals surface area contributed by atoms with Gasteiger partial charge in [0.2, 0.25) is 0 Å². The smallest absolute Gasteiger partial charge is 0.142 e. The van der Waals surface area contributed by atoms with Gasteiger partial charge in [0.1, 0.15) is 6.29 Å². The van der Waals surface area contributed by atoms with Gasteiger partial charge >= 0.3 is 0 Å². The zero-order chi connectivity index (χ0) is 7.11. The lowest BCUT2D eigenvalue weighted by molar-refractivity contribution is -0.104. The first kappa shape index (κ1) is 7.75. The van der Waals surface area contributed by atoms with Crippen molar-refractivity contribution < 1.29 is 4.79 Å². The average molecular weight is 126 g/mol. The van der Waals surface area contributed by atoms with Crippen molar-refractivity contribution in [1.82, 2.24) is 5.32 Å². The first-order valence-corrected chi connectivity index (χ1v) is 2.56. The molecule has 50 valence electrons. The van der Waals surface area contributed by atoms with Gasteiger partial charge in [0.05, 0.1) is 0 Å². The fourth-order valence-electron chi connectivity index (χ4n) is 0.365. The average Bonchev–Trinajstić information content (AvgIpc) is 1.85. The maximum absolute atomic E-state index is 9.72. The number of allylic oxidation sites excluding steroid dienone is 2. The van der Waals surface area contributed by atoms with Crippen LogP contribution in [0.15, 0.2) is 24.0 Å². The molecule has 0 atom stereocenters. The lowest BCUT2D eigenvalue weighted by Gasteiger charge is -1.88. The molecule has 0 rings (SSSR count). The summed E-state index contributed by atoms with van der Waals surface area (Å²) in [4.78, 5) is 9.72. The highest BCUT2D eigenvalue weighted by Gasteiger charge is 1.75. The monoisotopic (exact) mass is 126 g/mol. The van der Waals surface area contributed by atoms with E-state index >= 15 is 0 Å². The quantitative estimate of drug-likeness (QED) is 0.312. The molecule has 3 nitrogen and oxygen atoms in total. The Bertz CT molecular complexity index is 138. The van der Waals surface area contributed by atoms with Crippen molar-refractivity contribution in [1.29, 1.82) is 0 Å². The Labute approximate surface area is 54.2 Å². The van der Waals surface area contributed by atoms with E-state index in [9.17, 15) is 4.79 Å². The maximum atomic E-state index is 9.72. The zero-order valence-electron chi connectivity index (χ0n) is 5.29. The molecular formula is C6H10N2O. The number of nitrogens with one attached hydrogen (secondary N) is 1. The van der Waals surface area contributed by atoms with E-state index in [1.807, 2.05) is 0 Å². The van der Waals surface area contributed by atoms with Crippen LogP contribution in [-0.4, -0.2) is 13.3 Å². The second-order valence-corrected chi connectivity index (χ2v) is 1.43. The summed E-state index contributed by atoms with van der Waals surface area (Å²) in [6.07, 6.45) is 5.13. The second-order valence-electron chi connectivity index (χ2n) is 1.43. The second kappa shape index (κ2) is 4.90. The molecule has 0 aliphatic carbocycles. The summed E-state index contributed by atoms with van der Waals surface area (Å²) in [6, 6.07) is 0. The molecule has 0 amide bonds. The summed E-state index contributed by atoms with van der Waals surface area (Å²) >= 11 is 0. The number of carbonyl (C=O) groups excluding carboxylic acids is 1. The minimum atomic E-state index is 0.532. The van der Waals surface area contributed by atoms with E-state index in [0.717, 1.165) is 0 Å². The number of hydrogen-bond acceptors (Lipinski definition) is 3. The molecule has 0 aromatic carbocycles. The lowest BCUT2D eigenvalue weighted by atomic mass is 10.4. The number of carbonyl (C=O) groups is 1. The number of rotatable bonds is 3. The van der Waals surface area contributed by atoms with Crippen LogP contribution in [0, 0.1) is 0 Å². The first-order valence-electron chi connectivity index (χ1n) is 2.56. The van der Waals surface area contributed by atoms with Crippen molar-refractivity contribution in [3.63, 3.8) is 0 Å². The molecule has 0 aromatic rings.